The van der Waals surface area contributed by atoms with Gasteiger partial charge < -0.3 is 34.9 Å². The second-order valence-electron chi connectivity index (χ2n) is 5.08. The molecule has 142 valence electrons. The zero-order chi connectivity index (χ0) is 19.1. The Balaban J connectivity index is 4.88. The van der Waals surface area contributed by atoms with Crippen LogP contribution in [0, 0.1) is 0 Å². The van der Waals surface area contributed by atoms with Crippen molar-refractivity contribution in [1.29, 1.82) is 0 Å². The van der Waals surface area contributed by atoms with E-state index in [4.69, 9.17) is 29.8 Å². The Kier molecular flexibility index (Phi) is 9.21. The Morgan fingerprint density at radius 1 is 0.792 bits per heavy atom. The topological polar surface area (TPSA) is 216 Å². The molecule has 0 amide bonds. The van der Waals surface area contributed by atoms with Crippen LogP contribution in [-0.4, -0.2) is 101 Å². The maximum absolute atomic E-state index is 10.9. The lowest BCUT2D eigenvalue weighted by atomic mass is 10.3. The summed E-state index contributed by atoms with van der Waals surface area (Å²) in [4.78, 5) is 58.3. The van der Waals surface area contributed by atoms with Gasteiger partial charge in [-0.05, 0) is 0 Å². The first-order chi connectivity index (χ1) is 10.7. The van der Waals surface area contributed by atoms with Crippen LogP contribution in [0.3, 0.4) is 0 Å². The predicted molar refractivity (Wildman–Crippen MR) is 78.2 cm³/mol. The van der Waals surface area contributed by atoms with E-state index in [1.807, 2.05) is 0 Å². The number of aliphatic hydroxyl groups is 1. The number of aliphatic carboxylic acids is 2. The molecule has 0 radical (unpaired) electrons. The fourth-order valence-electron chi connectivity index (χ4n) is 1.90. The molecule has 0 aliphatic heterocycles. The standard InChI is InChI=1S/C9H20N2O11P2/c12-7(1-10(3-8(13)14)5-23(17,18)19)2-11(4-9(15)16)6-24(20,21)22/h7,12H,1-6H2,(H,13,14)(H,15,16)(H2,17,18,19)(H2,20,21,22). The molecule has 7 N–H and O–H groups in total. The van der Waals surface area contributed by atoms with Crippen LogP contribution in [0.4, 0.5) is 0 Å². The van der Waals surface area contributed by atoms with E-state index in [-0.39, 0.29) is 0 Å². The SMILES string of the molecule is O=C(O)CN(CC(O)CN(CC(=O)O)CP(=O)(O)O)CP(=O)(O)O. The third-order valence-electron chi connectivity index (χ3n) is 2.42. The van der Waals surface area contributed by atoms with Crippen LogP contribution >= 0.6 is 15.2 Å². The highest BCUT2D eigenvalue weighted by molar-refractivity contribution is 7.51. The summed E-state index contributed by atoms with van der Waals surface area (Å²) in [5.74, 6) is -2.82. The number of carboxylic acids is 2. The second kappa shape index (κ2) is 9.56. The van der Waals surface area contributed by atoms with Crippen LogP contribution in [-0.2, 0) is 18.7 Å². The van der Waals surface area contributed by atoms with Gasteiger partial charge in [0, 0.05) is 13.1 Å². The average Bonchev–Trinajstić information content (AvgIpc) is 2.20. The molecular weight excluding hydrogens is 374 g/mol. The number of hydrogen-bond donors (Lipinski definition) is 7. The van der Waals surface area contributed by atoms with Gasteiger partial charge in [-0.3, -0.25) is 28.5 Å². The van der Waals surface area contributed by atoms with Gasteiger partial charge in [0.25, 0.3) is 0 Å². The minimum Gasteiger partial charge on any atom is -0.480 e. The van der Waals surface area contributed by atoms with E-state index in [1.54, 1.807) is 0 Å². The quantitative estimate of drug-likeness (QED) is 0.169. The van der Waals surface area contributed by atoms with Gasteiger partial charge in [0.15, 0.2) is 0 Å². The molecule has 15 heteroatoms. The number of nitrogens with zero attached hydrogens (tertiary/aromatic N) is 2. The number of carboxylic acid groups (broad SMARTS) is 2. The minimum absolute atomic E-state index is 0.547. The van der Waals surface area contributed by atoms with E-state index in [9.17, 15) is 23.8 Å². The largest absolute Gasteiger partial charge is 0.480 e. The maximum Gasteiger partial charge on any atom is 0.339 e. The van der Waals surface area contributed by atoms with Gasteiger partial charge in [0.2, 0.25) is 0 Å². The highest BCUT2D eigenvalue weighted by Gasteiger charge is 2.27. The lowest BCUT2D eigenvalue weighted by molar-refractivity contribution is -0.138. The van der Waals surface area contributed by atoms with Gasteiger partial charge in [-0.1, -0.05) is 0 Å². The number of hydrogen-bond acceptors (Lipinski definition) is 7. The zero-order valence-electron chi connectivity index (χ0n) is 12.4. The van der Waals surface area contributed by atoms with E-state index in [0.29, 0.717) is 0 Å². The van der Waals surface area contributed by atoms with Crippen molar-refractivity contribution in [2.24, 2.45) is 0 Å². The molecule has 0 saturated heterocycles. The van der Waals surface area contributed by atoms with Crippen molar-refractivity contribution in [3.05, 3.63) is 0 Å². The smallest absolute Gasteiger partial charge is 0.339 e. The third kappa shape index (κ3) is 13.5. The van der Waals surface area contributed by atoms with Crippen LogP contribution in [0.1, 0.15) is 0 Å². The predicted octanol–water partition coefficient (Wildman–Crippen LogP) is -2.61. The molecule has 0 rings (SSSR count). The maximum atomic E-state index is 10.9. The highest BCUT2D eigenvalue weighted by Crippen LogP contribution is 2.36. The molecule has 0 spiro atoms. The van der Waals surface area contributed by atoms with Gasteiger partial charge in [-0.2, -0.15) is 0 Å². The summed E-state index contributed by atoms with van der Waals surface area (Å²) in [7, 11) is -9.21. The first-order valence-electron chi connectivity index (χ1n) is 6.33. The first kappa shape index (κ1) is 23.1. The zero-order valence-corrected chi connectivity index (χ0v) is 14.2. The minimum atomic E-state index is -4.61. The summed E-state index contributed by atoms with van der Waals surface area (Å²) in [6.07, 6.45) is -3.40. The molecule has 13 nitrogen and oxygen atoms in total. The highest BCUT2D eigenvalue weighted by atomic mass is 31.2. The van der Waals surface area contributed by atoms with Crippen LogP contribution in [0.5, 0.6) is 0 Å². The fraction of sp³-hybridized carbons (Fsp3) is 0.778. The molecular formula is C9H20N2O11P2. The molecule has 0 bridgehead atoms. The average molecular weight is 394 g/mol. The Morgan fingerprint density at radius 2 is 1.08 bits per heavy atom. The fourth-order valence-corrected chi connectivity index (χ4v) is 3.38. The van der Waals surface area contributed by atoms with Crippen molar-refractivity contribution >= 4 is 27.1 Å². The van der Waals surface area contributed by atoms with Gasteiger partial charge in [-0.15, -0.1) is 0 Å². The Hall–Kier alpha value is -0.880. The summed E-state index contributed by atoms with van der Waals surface area (Å²) in [6, 6.07) is 0. The lowest BCUT2D eigenvalue weighted by Crippen LogP contribution is -2.43. The summed E-state index contributed by atoms with van der Waals surface area (Å²) in [6.45, 7) is -2.68. The van der Waals surface area contributed by atoms with Crippen LogP contribution in [0.2, 0.25) is 0 Å². The summed E-state index contributed by atoms with van der Waals surface area (Å²) in [5, 5.41) is 27.2. The molecule has 0 aromatic heterocycles. The summed E-state index contributed by atoms with van der Waals surface area (Å²) in [5.41, 5.74) is 0. The van der Waals surface area contributed by atoms with Crippen LogP contribution in [0.15, 0.2) is 0 Å². The van der Waals surface area contributed by atoms with E-state index >= 15 is 0 Å². The third-order valence-corrected chi connectivity index (χ3v) is 3.96. The van der Waals surface area contributed by atoms with E-state index < -0.39 is 72.0 Å². The van der Waals surface area contributed by atoms with Gasteiger partial charge in [0.05, 0.1) is 19.2 Å². The lowest BCUT2D eigenvalue weighted by Gasteiger charge is -2.27. The van der Waals surface area contributed by atoms with E-state index in [2.05, 4.69) is 0 Å². The molecule has 0 atom stereocenters. The molecule has 0 fully saturated rings. The van der Waals surface area contributed by atoms with Crippen LogP contribution < -0.4 is 0 Å². The molecule has 0 aliphatic rings. The van der Waals surface area contributed by atoms with Crippen LogP contribution in [0.25, 0.3) is 0 Å². The monoisotopic (exact) mass is 394 g/mol. The van der Waals surface area contributed by atoms with Gasteiger partial charge >= 0.3 is 27.1 Å². The van der Waals surface area contributed by atoms with Crippen molar-refractivity contribution in [2.45, 2.75) is 6.10 Å². The molecule has 0 saturated carbocycles. The molecule has 0 heterocycles. The van der Waals surface area contributed by atoms with Crippen molar-refractivity contribution < 1.29 is 53.6 Å². The molecule has 0 unspecified atom stereocenters. The number of rotatable bonds is 12. The Morgan fingerprint density at radius 3 is 1.29 bits per heavy atom. The van der Waals surface area contributed by atoms with Crippen molar-refractivity contribution in [2.75, 3.05) is 38.8 Å². The summed E-state index contributed by atoms with van der Waals surface area (Å²) < 4.78 is 21.9. The molecule has 0 aliphatic carbocycles. The first-order valence-corrected chi connectivity index (χ1v) is 9.93. The Bertz CT molecular complexity index is 484. The molecule has 24 heavy (non-hydrogen) atoms. The Labute approximate surface area is 136 Å². The molecule has 0 aromatic rings. The van der Waals surface area contributed by atoms with E-state index in [1.165, 1.54) is 0 Å². The van der Waals surface area contributed by atoms with Gasteiger partial charge in [-0.25, -0.2) is 0 Å². The normalized spacial score (nSPS) is 13.0. The van der Waals surface area contributed by atoms with E-state index in [0.717, 1.165) is 9.80 Å². The van der Waals surface area contributed by atoms with Crippen molar-refractivity contribution in [1.82, 2.24) is 9.80 Å². The summed E-state index contributed by atoms with van der Waals surface area (Å²) >= 11 is 0. The number of aliphatic hydroxyl groups excluding tert-OH is 1. The molecule has 0 aromatic carbocycles. The second-order valence-corrected chi connectivity index (χ2v) is 8.30. The van der Waals surface area contributed by atoms with Crippen molar-refractivity contribution in [3.63, 3.8) is 0 Å². The van der Waals surface area contributed by atoms with Gasteiger partial charge in [0.1, 0.15) is 12.6 Å². The van der Waals surface area contributed by atoms with Crippen molar-refractivity contribution in [3.8, 4) is 0 Å². The number of carbonyl (C=O) groups is 2.